The average Bonchev–Trinajstić information content (AvgIpc) is 2.68. The monoisotopic (exact) mass is 248 g/mol. The zero-order chi connectivity index (χ0) is 12.3. The Balaban J connectivity index is 2.14. The number of oxazole rings is 1. The van der Waals surface area contributed by atoms with Crippen LogP contribution in [0, 0.1) is 13.8 Å². The zero-order valence-corrected chi connectivity index (χ0v) is 11.1. The number of hydrogen-bond donors (Lipinski definition) is 1. The van der Waals surface area contributed by atoms with Gasteiger partial charge in [-0.25, -0.2) is 4.98 Å². The number of benzene rings is 1. The van der Waals surface area contributed by atoms with Crippen molar-refractivity contribution in [3.05, 3.63) is 41.3 Å². The van der Waals surface area contributed by atoms with Gasteiger partial charge in [-0.3, -0.25) is 0 Å². The van der Waals surface area contributed by atoms with Gasteiger partial charge in [0.05, 0.1) is 5.69 Å². The molecule has 0 saturated heterocycles. The number of hydrogen-bond acceptors (Lipinski definition) is 4. The molecule has 1 N–H and O–H groups in total. The van der Waals surface area contributed by atoms with Gasteiger partial charge < -0.3 is 9.73 Å². The molecule has 0 saturated carbocycles. The van der Waals surface area contributed by atoms with Crippen LogP contribution in [0.2, 0.25) is 0 Å². The maximum Gasteiger partial charge on any atom is 0.260 e. The highest BCUT2D eigenvalue weighted by Crippen LogP contribution is 2.28. The molecule has 3 nitrogen and oxygen atoms in total. The van der Waals surface area contributed by atoms with Gasteiger partial charge in [-0.2, -0.15) is 0 Å². The zero-order valence-electron chi connectivity index (χ0n) is 10.3. The maximum absolute atomic E-state index is 5.33. The number of nitrogens with one attached hydrogen (secondary N) is 1. The first-order valence-corrected chi connectivity index (χ1v) is 6.35. The lowest BCUT2D eigenvalue weighted by Gasteiger charge is -2.06. The van der Waals surface area contributed by atoms with Crippen LogP contribution in [0.3, 0.4) is 0 Å². The highest BCUT2D eigenvalue weighted by Gasteiger charge is 2.05. The predicted octanol–water partition coefficient (Wildman–Crippen LogP) is 3.16. The summed E-state index contributed by atoms with van der Waals surface area (Å²) in [5.74, 6) is 0. The minimum Gasteiger partial charge on any atom is -0.439 e. The van der Waals surface area contributed by atoms with E-state index >= 15 is 0 Å². The van der Waals surface area contributed by atoms with Crippen LogP contribution in [-0.2, 0) is 6.54 Å². The van der Waals surface area contributed by atoms with Crippen LogP contribution in [0.25, 0.3) is 0 Å². The molecule has 2 aromatic rings. The van der Waals surface area contributed by atoms with Gasteiger partial charge in [0, 0.05) is 11.4 Å². The third-order valence-corrected chi connectivity index (χ3v) is 3.34. The summed E-state index contributed by atoms with van der Waals surface area (Å²) in [6.45, 7) is 4.95. The summed E-state index contributed by atoms with van der Waals surface area (Å²) in [4.78, 5) is 5.44. The SMILES string of the molecule is CNCc1ccc(Sc2nc(C)co2)cc1C. The standard InChI is InChI=1S/C13H16N2OS/c1-9-6-12(5-4-11(9)7-14-3)17-13-15-10(2)8-16-13/h4-6,8,14H,7H2,1-3H3. The summed E-state index contributed by atoms with van der Waals surface area (Å²) in [6, 6.07) is 6.41. The summed E-state index contributed by atoms with van der Waals surface area (Å²) in [7, 11) is 1.96. The van der Waals surface area contributed by atoms with Gasteiger partial charge in [0.25, 0.3) is 5.22 Å². The molecule has 0 amide bonds. The van der Waals surface area contributed by atoms with Crippen molar-refractivity contribution >= 4 is 11.8 Å². The largest absolute Gasteiger partial charge is 0.439 e. The van der Waals surface area contributed by atoms with E-state index in [0.717, 1.165) is 17.1 Å². The number of nitrogens with zero attached hydrogens (tertiary/aromatic N) is 1. The molecule has 0 spiro atoms. The Bertz CT molecular complexity index is 508. The minimum atomic E-state index is 0.697. The quantitative estimate of drug-likeness (QED) is 0.902. The molecular weight excluding hydrogens is 232 g/mol. The molecule has 90 valence electrons. The van der Waals surface area contributed by atoms with Gasteiger partial charge in [0.1, 0.15) is 6.26 Å². The summed E-state index contributed by atoms with van der Waals surface area (Å²) < 4.78 is 5.33. The van der Waals surface area contributed by atoms with Crippen molar-refractivity contribution in [2.45, 2.75) is 30.5 Å². The Morgan fingerprint density at radius 2 is 2.18 bits per heavy atom. The van der Waals surface area contributed by atoms with E-state index < -0.39 is 0 Å². The summed E-state index contributed by atoms with van der Waals surface area (Å²) in [5.41, 5.74) is 3.52. The lowest BCUT2D eigenvalue weighted by atomic mass is 10.1. The molecule has 1 aromatic carbocycles. The lowest BCUT2D eigenvalue weighted by molar-refractivity contribution is 0.454. The van der Waals surface area contributed by atoms with E-state index in [1.807, 2.05) is 14.0 Å². The molecule has 2 rings (SSSR count). The second kappa shape index (κ2) is 5.38. The molecule has 1 aromatic heterocycles. The van der Waals surface area contributed by atoms with Crippen LogP contribution < -0.4 is 5.32 Å². The fourth-order valence-electron chi connectivity index (χ4n) is 1.60. The van der Waals surface area contributed by atoms with Gasteiger partial charge in [-0.15, -0.1) is 0 Å². The lowest BCUT2D eigenvalue weighted by Crippen LogP contribution is -2.06. The molecule has 17 heavy (non-hydrogen) atoms. The van der Waals surface area contributed by atoms with Crippen molar-refractivity contribution < 1.29 is 4.42 Å². The third-order valence-electron chi connectivity index (χ3n) is 2.48. The summed E-state index contributed by atoms with van der Waals surface area (Å²) in [5, 5.41) is 3.86. The molecule has 0 aliphatic carbocycles. The van der Waals surface area contributed by atoms with E-state index in [9.17, 15) is 0 Å². The first kappa shape index (κ1) is 12.2. The molecule has 0 bridgehead atoms. The van der Waals surface area contributed by atoms with Crippen LogP contribution in [0.15, 0.2) is 39.0 Å². The van der Waals surface area contributed by atoms with Gasteiger partial charge in [0.2, 0.25) is 0 Å². The fraction of sp³-hybridized carbons (Fsp3) is 0.308. The van der Waals surface area contributed by atoms with E-state index in [4.69, 9.17) is 4.42 Å². The first-order valence-electron chi connectivity index (χ1n) is 5.53. The van der Waals surface area contributed by atoms with Crippen molar-refractivity contribution in [2.75, 3.05) is 7.05 Å². The first-order chi connectivity index (χ1) is 8.19. The topological polar surface area (TPSA) is 38.1 Å². The van der Waals surface area contributed by atoms with Crippen molar-refractivity contribution in [2.24, 2.45) is 0 Å². The normalized spacial score (nSPS) is 10.8. The van der Waals surface area contributed by atoms with Crippen molar-refractivity contribution in [3.63, 3.8) is 0 Å². The Morgan fingerprint density at radius 3 is 2.76 bits per heavy atom. The predicted molar refractivity (Wildman–Crippen MR) is 69.3 cm³/mol. The van der Waals surface area contributed by atoms with Crippen LogP contribution in [0.5, 0.6) is 0 Å². The average molecular weight is 248 g/mol. The second-order valence-electron chi connectivity index (χ2n) is 3.98. The summed E-state index contributed by atoms with van der Waals surface area (Å²) >= 11 is 1.55. The van der Waals surface area contributed by atoms with E-state index in [1.54, 1.807) is 18.0 Å². The van der Waals surface area contributed by atoms with E-state index in [0.29, 0.717) is 5.22 Å². The van der Waals surface area contributed by atoms with E-state index in [-0.39, 0.29) is 0 Å². The van der Waals surface area contributed by atoms with Crippen molar-refractivity contribution in [1.82, 2.24) is 10.3 Å². The fourth-order valence-corrected chi connectivity index (χ4v) is 2.46. The number of aromatic nitrogens is 1. The highest BCUT2D eigenvalue weighted by molar-refractivity contribution is 7.99. The molecule has 1 heterocycles. The van der Waals surface area contributed by atoms with Crippen LogP contribution in [0.4, 0.5) is 0 Å². The van der Waals surface area contributed by atoms with Crippen LogP contribution in [-0.4, -0.2) is 12.0 Å². The molecule has 4 heteroatoms. The Kier molecular flexibility index (Phi) is 3.86. The number of rotatable bonds is 4. The van der Waals surface area contributed by atoms with Crippen LogP contribution >= 0.6 is 11.8 Å². The molecule has 0 aliphatic rings. The van der Waals surface area contributed by atoms with Gasteiger partial charge in [0.15, 0.2) is 0 Å². The highest BCUT2D eigenvalue weighted by atomic mass is 32.2. The Hall–Kier alpha value is -1.26. The van der Waals surface area contributed by atoms with E-state index in [2.05, 4.69) is 35.4 Å². The van der Waals surface area contributed by atoms with Gasteiger partial charge in [-0.1, -0.05) is 6.07 Å². The smallest absolute Gasteiger partial charge is 0.260 e. The Morgan fingerprint density at radius 1 is 1.35 bits per heavy atom. The van der Waals surface area contributed by atoms with Gasteiger partial charge >= 0.3 is 0 Å². The van der Waals surface area contributed by atoms with E-state index in [1.165, 1.54) is 11.1 Å². The minimum absolute atomic E-state index is 0.697. The molecular formula is C13H16N2OS. The van der Waals surface area contributed by atoms with Crippen LogP contribution in [0.1, 0.15) is 16.8 Å². The summed E-state index contributed by atoms with van der Waals surface area (Å²) in [6.07, 6.45) is 1.67. The molecule has 0 fully saturated rings. The van der Waals surface area contributed by atoms with Gasteiger partial charge in [-0.05, 0) is 55.9 Å². The molecule has 0 radical (unpaired) electrons. The van der Waals surface area contributed by atoms with Crippen molar-refractivity contribution in [1.29, 1.82) is 0 Å². The molecule has 0 atom stereocenters. The Labute approximate surface area is 106 Å². The molecule has 0 unspecified atom stereocenters. The van der Waals surface area contributed by atoms with Crippen molar-refractivity contribution in [3.8, 4) is 0 Å². The number of aryl methyl sites for hydroxylation is 2. The third kappa shape index (κ3) is 3.11. The maximum atomic E-state index is 5.33. The second-order valence-corrected chi connectivity index (χ2v) is 5.00. The molecule has 0 aliphatic heterocycles.